The van der Waals surface area contributed by atoms with Crippen LogP contribution in [-0.2, 0) is 0 Å². The molecule has 1 aliphatic heterocycles. The van der Waals surface area contributed by atoms with Crippen molar-refractivity contribution in [2.45, 2.75) is 18.9 Å². The zero-order valence-electron chi connectivity index (χ0n) is 10.4. The van der Waals surface area contributed by atoms with Crippen LogP contribution >= 0.6 is 11.8 Å². The van der Waals surface area contributed by atoms with Crippen LogP contribution in [0.5, 0.6) is 5.75 Å². The van der Waals surface area contributed by atoms with Gasteiger partial charge in [-0.3, -0.25) is 0 Å². The highest BCUT2D eigenvalue weighted by atomic mass is 32.2. The van der Waals surface area contributed by atoms with Gasteiger partial charge < -0.3 is 15.0 Å². The van der Waals surface area contributed by atoms with Gasteiger partial charge in [-0.05, 0) is 30.7 Å². The van der Waals surface area contributed by atoms with Gasteiger partial charge in [-0.2, -0.15) is 11.8 Å². The highest BCUT2D eigenvalue weighted by Gasteiger charge is 2.21. The Labute approximate surface area is 111 Å². The molecule has 1 aromatic heterocycles. The predicted molar refractivity (Wildman–Crippen MR) is 76.3 cm³/mol. The molecule has 1 fully saturated rings. The van der Waals surface area contributed by atoms with Gasteiger partial charge in [0.05, 0.1) is 12.6 Å². The van der Waals surface area contributed by atoms with E-state index >= 15 is 0 Å². The number of methoxy groups -OCH3 is 1. The number of ether oxygens (including phenoxy) is 1. The Balaban J connectivity index is 2.13. The van der Waals surface area contributed by atoms with Crippen molar-refractivity contribution in [3.05, 3.63) is 18.2 Å². The first kappa shape index (κ1) is 11.7. The zero-order chi connectivity index (χ0) is 12.5. The normalized spacial score (nSPS) is 20.2. The Bertz CT molecular complexity index is 561. The molecule has 3 rings (SSSR count). The Morgan fingerprint density at radius 1 is 1.50 bits per heavy atom. The fraction of sp³-hybridized carbons (Fsp3) is 0.462. The number of hydrogen-bond acceptors (Lipinski definition) is 4. The number of thioether (sulfide) groups is 1. The molecule has 0 radical (unpaired) electrons. The number of rotatable bonds is 2. The third kappa shape index (κ3) is 1.82. The fourth-order valence-electron chi connectivity index (χ4n) is 2.59. The minimum absolute atomic E-state index is 0.459. The zero-order valence-corrected chi connectivity index (χ0v) is 11.2. The van der Waals surface area contributed by atoms with E-state index in [0.717, 1.165) is 22.5 Å². The lowest BCUT2D eigenvalue weighted by Gasteiger charge is -2.24. The molecule has 1 aliphatic rings. The van der Waals surface area contributed by atoms with E-state index in [4.69, 9.17) is 10.5 Å². The Morgan fingerprint density at radius 3 is 3.11 bits per heavy atom. The molecule has 1 aromatic carbocycles. The van der Waals surface area contributed by atoms with E-state index in [1.165, 1.54) is 18.6 Å². The quantitative estimate of drug-likeness (QED) is 0.905. The number of hydrogen-bond donors (Lipinski definition) is 1. The molecule has 1 unspecified atom stereocenters. The Kier molecular flexibility index (Phi) is 3.07. The van der Waals surface area contributed by atoms with E-state index in [0.29, 0.717) is 12.0 Å². The number of imidazole rings is 1. The molecule has 0 spiro atoms. The molecule has 4 nitrogen and oxygen atoms in total. The van der Waals surface area contributed by atoms with E-state index in [9.17, 15) is 0 Å². The molecule has 0 saturated carbocycles. The molecule has 1 saturated heterocycles. The molecular formula is C13H17N3OS. The second kappa shape index (κ2) is 4.72. The number of benzene rings is 1. The van der Waals surface area contributed by atoms with E-state index in [-0.39, 0.29) is 0 Å². The first-order valence-corrected chi connectivity index (χ1v) is 7.35. The molecule has 1 atom stereocenters. The van der Waals surface area contributed by atoms with E-state index in [2.05, 4.69) is 15.6 Å². The maximum Gasteiger partial charge on any atom is 0.201 e. The minimum Gasteiger partial charge on any atom is -0.494 e. The number of nitrogen functional groups attached to an aromatic ring is 1. The fourth-order valence-corrected chi connectivity index (χ4v) is 3.71. The standard InChI is InChI=1S/C13H17N3OS/c1-17-11-6-2-5-10-12(11)15-13(14)16(10)9-4-3-7-18-8-9/h2,5-6,9H,3-4,7-8H2,1H3,(H2,14,15). The number of fused-ring (bicyclic) bond motifs is 1. The Morgan fingerprint density at radius 2 is 2.39 bits per heavy atom. The van der Waals surface area contributed by atoms with Crippen molar-refractivity contribution in [1.82, 2.24) is 9.55 Å². The van der Waals surface area contributed by atoms with Crippen LogP contribution in [0, 0.1) is 0 Å². The van der Waals surface area contributed by atoms with Gasteiger partial charge in [0.25, 0.3) is 0 Å². The van der Waals surface area contributed by atoms with Crippen molar-refractivity contribution in [3.63, 3.8) is 0 Å². The van der Waals surface area contributed by atoms with Crippen LogP contribution in [0.3, 0.4) is 0 Å². The summed E-state index contributed by atoms with van der Waals surface area (Å²) in [7, 11) is 1.67. The molecule has 0 aliphatic carbocycles. The van der Waals surface area contributed by atoms with Crippen molar-refractivity contribution in [2.24, 2.45) is 0 Å². The third-order valence-electron chi connectivity index (χ3n) is 3.43. The predicted octanol–water partition coefficient (Wildman–Crippen LogP) is 2.70. The summed E-state index contributed by atoms with van der Waals surface area (Å²) in [6.45, 7) is 0. The van der Waals surface area contributed by atoms with E-state index < -0.39 is 0 Å². The van der Waals surface area contributed by atoms with E-state index in [1.807, 2.05) is 23.9 Å². The maximum atomic E-state index is 6.09. The van der Waals surface area contributed by atoms with Gasteiger partial charge in [0.1, 0.15) is 11.3 Å². The first-order chi connectivity index (χ1) is 8.81. The average molecular weight is 263 g/mol. The van der Waals surface area contributed by atoms with Crippen LogP contribution in [0.2, 0.25) is 0 Å². The van der Waals surface area contributed by atoms with Crippen LogP contribution in [0.25, 0.3) is 11.0 Å². The Hall–Kier alpha value is -1.36. The largest absolute Gasteiger partial charge is 0.494 e. The van der Waals surface area contributed by atoms with Crippen molar-refractivity contribution in [2.75, 3.05) is 24.3 Å². The monoisotopic (exact) mass is 263 g/mol. The summed E-state index contributed by atoms with van der Waals surface area (Å²) < 4.78 is 7.52. The molecule has 5 heteroatoms. The molecule has 2 N–H and O–H groups in total. The van der Waals surface area contributed by atoms with Crippen LogP contribution < -0.4 is 10.5 Å². The van der Waals surface area contributed by atoms with Crippen molar-refractivity contribution < 1.29 is 4.74 Å². The average Bonchev–Trinajstić information content (AvgIpc) is 2.75. The highest BCUT2D eigenvalue weighted by molar-refractivity contribution is 7.99. The number of anilines is 1. The molecule has 96 valence electrons. The van der Waals surface area contributed by atoms with Crippen LogP contribution in [0.15, 0.2) is 18.2 Å². The van der Waals surface area contributed by atoms with Gasteiger partial charge in [0.2, 0.25) is 5.95 Å². The van der Waals surface area contributed by atoms with Gasteiger partial charge in [-0.1, -0.05) is 6.07 Å². The number of nitrogens with zero attached hydrogens (tertiary/aromatic N) is 2. The van der Waals surface area contributed by atoms with Crippen molar-refractivity contribution in [1.29, 1.82) is 0 Å². The molecule has 18 heavy (non-hydrogen) atoms. The van der Waals surface area contributed by atoms with Gasteiger partial charge in [0.15, 0.2) is 0 Å². The number of para-hydroxylation sites is 1. The smallest absolute Gasteiger partial charge is 0.201 e. The summed E-state index contributed by atoms with van der Waals surface area (Å²) >= 11 is 1.99. The highest BCUT2D eigenvalue weighted by Crippen LogP contribution is 2.34. The number of aromatic nitrogens is 2. The van der Waals surface area contributed by atoms with E-state index in [1.54, 1.807) is 7.11 Å². The molecular weight excluding hydrogens is 246 g/mol. The van der Waals surface area contributed by atoms with Gasteiger partial charge in [-0.15, -0.1) is 0 Å². The topological polar surface area (TPSA) is 53.1 Å². The van der Waals surface area contributed by atoms with Crippen LogP contribution in [0.4, 0.5) is 5.95 Å². The lowest BCUT2D eigenvalue weighted by molar-refractivity contribution is 0.419. The second-order valence-electron chi connectivity index (χ2n) is 4.54. The summed E-state index contributed by atoms with van der Waals surface area (Å²) in [6, 6.07) is 6.45. The SMILES string of the molecule is COc1cccc2c1nc(N)n2C1CCCSC1. The van der Waals surface area contributed by atoms with Crippen LogP contribution in [0.1, 0.15) is 18.9 Å². The summed E-state index contributed by atoms with van der Waals surface area (Å²) in [5.41, 5.74) is 8.05. The van der Waals surface area contributed by atoms with Crippen molar-refractivity contribution in [3.8, 4) is 5.75 Å². The molecule has 2 heterocycles. The lowest BCUT2D eigenvalue weighted by Crippen LogP contribution is -2.17. The summed E-state index contributed by atoms with van der Waals surface area (Å²) in [6.07, 6.45) is 2.43. The van der Waals surface area contributed by atoms with Crippen LogP contribution in [-0.4, -0.2) is 28.2 Å². The summed E-state index contributed by atoms with van der Waals surface area (Å²) in [5, 5.41) is 0. The van der Waals surface area contributed by atoms with Crippen molar-refractivity contribution >= 4 is 28.7 Å². The molecule has 0 amide bonds. The third-order valence-corrected chi connectivity index (χ3v) is 4.63. The van der Waals surface area contributed by atoms with Gasteiger partial charge >= 0.3 is 0 Å². The lowest BCUT2D eigenvalue weighted by atomic mass is 10.1. The first-order valence-electron chi connectivity index (χ1n) is 6.19. The minimum atomic E-state index is 0.459. The molecule has 2 aromatic rings. The number of nitrogens with two attached hydrogens (primary N) is 1. The van der Waals surface area contributed by atoms with Gasteiger partial charge in [-0.25, -0.2) is 4.98 Å². The second-order valence-corrected chi connectivity index (χ2v) is 5.69. The summed E-state index contributed by atoms with van der Waals surface area (Å²) in [5.74, 6) is 3.77. The summed E-state index contributed by atoms with van der Waals surface area (Å²) in [4.78, 5) is 4.47. The maximum absolute atomic E-state index is 6.09. The molecule has 0 bridgehead atoms. The van der Waals surface area contributed by atoms with Gasteiger partial charge in [0, 0.05) is 11.8 Å².